The second kappa shape index (κ2) is 7.21. The first-order valence-corrected chi connectivity index (χ1v) is 7.83. The molecule has 10 nitrogen and oxygen atoms in total. The number of carboxylic acids is 1. The van der Waals surface area contributed by atoms with Crippen LogP contribution < -0.4 is 15.4 Å². The van der Waals surface area contributed by atoms with Crippen LogP contribution in [0.5, 0.6) is 5.75 Å². The molecule has 3 rings (SSSR count). The highest BCUT2D eigenvalue weighted by molar-refractivity contribution is 6.04. The summed E-state index contributed by atoms with van der Waals surface area (Å²) in [5.74, 6) is -0.0835. The van der Waals surface area contributed by atoms with Crippen molar-refractivity contribution in [3.63, 3.8) is 0 Å². The van der Waals surface area contributed by atoms with Crippen LogP contribution in [0.4, 0.5) is 4.79 Å². The third-order valence-electron chi connectivity index (χ3n) is 3.84. The van der Waals surface area contributed by atoms with E-state index in [1.165, 1.54) is 4.68 Å². The summed E-state index contributed by atoms with van der Waals surface area (Å²) in [5.41, 5.74) is 0.928. The third-order valence-corrected chi connectivity index (χ3v) is 3.84. The van der Waals surface area contributed by atoms with Gasteiger partial charge in [0.25, 0.3) is 5.91 Å². The van der Waals surface area contributed by atoms with E-state index in [1.807, 2.05) is 24.3 Å². The number of nitrogens with one attached hydrogen (secondary N) is 2. The van der Waals surface area contributed by atoms with Gasteiger partial charge < -0.3 is 15.2 Å². The maximum Gasteiger partial charge on any atom is 0.325 e. The van der Waals surface area contributed by atoms with E-state index in [4.69, 9.17) is 9.84 Å². The molecule has 3 amide bonds. The summed E-state index contributed by atoms with van der Waals surface area (Å²) >= 11 is 0. The van der Waals surface area contributed by atoms with E-state index in [0.29, 0.717) is 18.1 Å². The van der Waals surface area contributed by atoms with Crippen molar-refractivity contribution in [2.24, 2.45) is 0 Å². The summed E-state index contributed by atoms with van der Waals surface area (Å²) in [4.78, 5) is 38.3. The van der Waals surface area contributed by atoms with Crippen LogP contribution in [-0.4, -0.2) is 50.9 Å². The maximum atomic E-state index is 11.7. The molecule has 1 fully saturated rings. The molecular weight excluding hydrogens is 342 g/mol. The topological polar surface area (TPSA) is 135 Å². The number of aromatic nitrogens is 3. The number of methoxy groups -OCH3 is 1. The zero-order chi connectivity index (χ0) is 18.7. The number of aliphatic carboxylic acids is 1. The van der Waals surface area contributed by atoms with Crippen molar-refractivity contribution in [1.82, 2.24) is 25.4 Å². The molecule has 3 N–H and O–H groups in total. The molecule has 10 heteroatoms. The normalized spacial score (nSPS) is 16.3. The van der Waals surface area contributed by atoms with Gasteiger partial charge in [-0.15, -0.1) is 0 Å². The van der Waals surface area contributed by atoms with Crippen LogP contribution >= 0.6 is 0 Å². The first-order chi connectivity index (χ1) is 12.4. The minimum atomic E-state index is -1.08. The molecule has 136 valence electrons. The van der Waals surface area contributed by atoms with Gasteiger partial charge in [-0.05, 0) is 17.7 Å². The number of imide groups is 1. The number of urea groups is 1. The van der Waals surface area contributed by atoms with Gasteiger partial charge >= 0.3 is 12.0 Å². The fourth-order valence-corrected chi connectivity index (χ4v) is 2.62. The Balaban J connectivity index is 1.80. The molecule has 1 saturated heterocycles. The summed E-state index contributed by atoms with van der Waals surface area (Å²) in [7, 11) is 1.58. The van der Waals surface area contributed by atoms with Gasteiger partial charge in [-0.2, -0.15) is 5.10 Å². The van der Waals surface area contributed by atoms with Crippen LogP contribution in [0.3, 0.4) is 0 Å². The number of carboxylic acid groups (broad SMARTS) is 1. The third kappa shape index (κ3) is 3.97. The first-order valence-electron chi connectivity index (χ1n) is 7.83. The average molecular weight is 359 g/mol. The lowest BCUT2D eigenvalue weighted by Crippen LogP contribution is -2.32. The number of benzene rings is 1. The van der Waals surface area contributed by atoms with Crippen molar-refractivity contribution < 1.29 is 24.2 Å². The Hall–Kier alpha value is -3.43. The summed E-state index contributed by atoms with van der Waals surface area (Å²) < 4.78 is 6.34. The van der Waals surface area contributed by atoms with Crippen molar-refractivity contribution in [2.75, 3.05) is 7.11 Å². The van der Waals surface area contributed by atoms with Gasteiger partial charge in [0.1, 0.15) is 24.2 Å². The Morgan fingerprint density at radius 3 is 2.62 bits per heavy atom. The standard InChI is InChI=1S/C16H17N5O5/c1-26-10-4-2-9(3-5-10)6-12-18-13(21(20-12)8-14(22)23)7-11-15(24)19-16(25)17-11/h2-5,11H,6-8H2,1H3,(H,22,23)(H2,17,19,24,25)/t11-/m0/s1. The molecule has 1 aliphatic rings. The van der Waals surface area contributed by atoms with Gasteiger partial charge in [-0.1, -0.05) is 12.1 Å². The van der Waals surface area contributed by atoms with Crippen molar-refractivity contribution in [2.45, 2.75) is 25.4 Å². The van der Waals surface area contributed by atoms with E-state index in [-0.39, 0.29) is 13.0 Å². The Labute approximate surface area is 148 Å². The summed E-state index contributed by atoms with van der Waals surface area (Å²) in [6.45, 7) is -0.382. The van der Waals surface area contributed by atoms with E-state index in [9.17, 15) is 14.4 Å². The highest BCUT2D eigenvalue weighted by atomic mass is 16.5. The van der Waals surface area contributed by atoms with Crippen molar-refractivity contribution in [3.8, 4) is 5.75 Å². The number of carbonyl (C=O) groups excluding carboxylic acids is 2. The maximum absolute atomic E-state index is 11.7. The molecule has 1 aliphatic heterocycles. The van der Waals surface area contributed by atoms with Crippen molar-refractivity contribution in [3.05, 3.63) is 41.5 Å². The van der Waals surface area contributed by atoms with Crippen LogP contribution in [-0.2, 0) is 29.0 Å². The lowest BCUT2D eigenvalue weighted by atomic mass is 10.1. The van der Waals surface area contributed by atoms with Crippen LogP contribution in [0.1, 0.15) is 17.2 Å². The smallest absolute Gasteiger partial charge is 0.325 e. The monoisotopic (exact) mass is 359 g/mol. The van der Waals surface area contributed by atoms with Gasteiger partial charge in [0, 0.05) is 12.8 Å². The molecule has 0 radical (unpaired) electrons. The number of hydrogen-bond acceptors (Lipinski definition) is 6. The minimum Gasteiger partial charge on any atom is -0.497 e. The Kier molecular flexibility index (Phi) is 4.83. The van der Waals surface area contributed by atoms with Gasteiger partial charge in [0.05, 0.1) is 7.11 Å². The van der Waals surface area contributed by atoms with E-state index in [1.54, 1.807) is 7.11 Å². The van der Waals surface area contributed by atoms with E-state index < -0.39 is 23.9 Å². The molecule has 1 aromatic carbocycles. The van der Waals surface area contributed by atoms with Crippen LogP contribution in [0.2, 0.25) is 0 Å². The molecule has 2 aromatic rings. The molecular formula is C16H17N5O5. The molecule has 0 unspecified atom stereocenters. The number of carbonyl (C=O) groups is 3. The van der Waals surface area contributed by atoms with Crippen molar-refractivity contribution in [1.29, 1.82) is 0 Å². The molecule has 0 spiro atoms. The molecule has 1 atom stereocenters. The van der Waals surface area contributed by atoms with Gasteiger partial charge in [-0.3, -0.25) is 14.9 Å². The summed E-state index contributed by atoms with van der Waals surface area (Å²) in [5, 5.41) is 17.9. The largest absolute Gasteiger partial charge is 0.497 e. The predicted molar refractivity (Wildman–Crippen MR) is 87.6 cm³/mol. The average Bonchev–Trinajstić information content (AvgIpc) is 3.10. The first kappa shape index (κ1) is 17.4. The Morgan fingerprint density at radius 1 is 1.31 bits per heavy atom. The Morgan fingerprint density at radius 2 is 2.04 bits per heavy atom. The number of hydrogen-bond donors (Lipinski definition) is 3. The second-order valence-corrected chi connectivity index (χ2v) is 5.74. The predicted octanol–water partition coefficient (Wildman–Crippen LogP) is -0.287. The lowest BCUT2D eigenvalue weighted by Gasteiger charge is -2.07. The van der Waals surface area contributed by atoms with Crippen LogP contribution in [0.25, 0.3) is 0 Å². The number of nitrogens with zero attached hydrogens (tertiary/aromatic N) is 3. The SMILES string of the molecule is COc1ccc(Cc2nc(C[C@@H]3NC(=O)NC3=O)n(CC(=O)O)n2)cc1. The summed E-state index contributed by atoms with van der Waals surface area (Å²) in [6.07, 6.45) is 0.452. The fourth-order valence-electron chi connectivity index (χ4n) is 2.62. The minimum absolute atomic E-state index is 0.0560. The second-order valence-electron chi connectivity index (χ2n) is 5.74. The van der Waals surface area contributed by atoms with Gasteiger partial charge in [0.2, 0.25) is 0 Å². The number of amides is 3. The van der Waals surface area contributed by atoms with Gasteiger partial charge in [0.15, 0.2) is 5.82 Å². The highest BCUT2D eigenvalue weighted by Crippen LogP contribution is 2.14. The molecule has 0 bridgehead atoms. The quantitative estimate of drug-likeness (QED) is 0.578. The van der Waals surface area contributed by atoms with E-state index in [2.05, 4.69) is 20.7 Å². The Bertz CT molecular complexity index is 845. The number of ether oxygens (including phenoxy) is 1. The zero-order valence-corrected chi connectivity index (χ0v) is 13.9. The molecule has 1 aromatic heterocycles. The van der Waals surface area contributed by atoms with E-state index >= 15 is 0 Å². The molecule has 0 aliphatic carbocycles. The highest BCUT2D eigenvalue weighted by Gasteiger charge is 2.31. The molecule has 2 heterocycles. The van der Waals surface area contributed by atoms with Crippen molar-refractivity contribution >= 4 is 17.9 Å². The number of rotatable bonds is 7. The van der Waals surface area contributed by atoms with E-state index in [0.717, 1.165) is 11.3 Å². The summed E-state index contributed by atoms with van der Waals surface area (Å²) in [6, 6.07) is 5.96. The zero-order valence-electron chi connectivity index (χ0n) is 13.9. The molecule has 26 heavy (non-hydrogen) atoms. The van der Waals surface area contributed by atoms with Gasteiger partial charge in [-0.25, -0.2) is 14.5 Å². The van der Waals surface area contributed by atoms with Crippen LogP contribution in [0.15, 0.2) is 24.3 Å². The molecule has 0 saturated carbocycles. The lowest BCUT2D eigenvalue weighted by molar-refractivity contribution is -0.138. The van der Waals surface area contributed by atoms with Crippen LogP contribution in [0, 0.1) is 0 Å². The fraction of sp³-hybridized carbons (Fsp3) is 0.312.